The molecule has 0 radical (unpaired) electrons. The first-order valence-electron chi connectivity index (χ1n) is 3.52. The third-order valence-corrected chi connectivity index (χ3v) is 3.66. The number of aliphatic carboxylic acids is 1. The van der Waals surface area contributed by atoms with Crippen LogP contribution < -0.4 is 0 Å². The van der Waals surface area contributed by atoms with Crippen LogP contribution in [0.4, 0.5) is 0 Å². The second kappa shape index (κ2) is 3.74. The van der Waals surface area contributed by atoms with Crippen molar-refractivity contribution in [2.75, 3.05) is 0 Å². The summed E-state index contributed by atoms with van der Waals surface area (Å²) in [5, 5.41) is 8.78. The Hall–Kier alpha value is -0.531. The molecule has 1 atom stereocenters. The van der Waals surface area contributed by atoms with E-state index in [0.717, 1.165) is 4.44 Å². The monoisotopic (exact) mass is 218 g/mol. The van der Waals surface area contributed by atoms with Crippen molar-refractivity contribution < 1.29 is 9.90 Å². The van der Waals surface area contributed by atoms with Crippen LogP contribution in [-0.2, 0) is 4.79 Å². The van der Waals surface area contributed by atoms with Gasteiger partial charge >= 0.3 is 71.1 Å². The summed E-state index contributed by atoms with van der Waals surface area (Å²) < 4.78 is 1.09. The van der Waals surface area contributed by atoms with Crippen LogP contribution in [-0.4, -0.2) is 25.6 Å². The predicted molar refractivity (Wildman–Crippen MR) is 44.0 cm³/mol. The molecular formula is C8H10O2Se. The van der Waals surface area contributed by atoms with Crippen LogP contribution in [0.15, 0.2) is 17.1 Å². The van der Waals surface area contributed by atoms with Gasteiger partial charge in [-0.15, -0.1) is 0 Å². The molecule has 0 aliphatic heterocycles. The number of hydrogen-bond acceptors (Lipinski definition) is 1. The molecule has 0 aromatic carbocycles. The molecule has 1 N–H and O–H groups in total. The second-order valence-corrected chi connectivity index (χ2v) is 4.37. The van der Waals surface area contributed by atoms with Crippen molar-refractivity contribution in [1.82, 2.24) is 0 Å². The minimum atomic E-state index is -0.690. The minimum absolute atomic E-state index is 0.245. The van der Waals surface area contributed by atoms with Crippen molar-refractivity contribution >= 4 is 20.5 Å². The fourth-order valence-electron chi connectivity index (χ4n) is 0.987. The zero-order valence-electron chi connectivity index (χ0n) is 6.28. The van der Waals surface area contributed by atoms with Gasteiger partial charge in [0.1, 0.15) is 0 Å². The summed E-state index contributed by atoms with van der Waals surface area (Å²) in [6, 6.07) is 3.88. The maximum absolute atomic E-state index is 10.7. The van der Waals surface area contributed by atoms with Gasteiger partial charge in [-0.05, 0) is 0 Å². The average Bonchev–Trinajstić information content (AvgIpc) is 2.40. The van der Waals surface area contributed by atoms with E-state index in [9.17, 15) is 4.79 Å². The Balaban J connectivity index is 2.79. The third-order valence-electron chi connectivity index (χ3n) is 1.59. The molecule has 60 valence electrons. The molecule has 0 spiro atoms. The van der Waals surface area contributed by atoms with Crippen molar-refractivity contribution in [1.29, 1.82) is 0 Å². The van der Waals surface area contributed by atoms with Crippen LogP contribution >= 0.6 is 0 Å². The molecule has 11 heavy (non-hydrogen) atoms. The molecular weight excluding hydrogens is 207 g/mol. The van der Waals surface area contributed by atoms with Gasteiger partial charge in [-0.3, -0.25) is 0 Å². The molecule has 0 bridgehead atoms. The molecule has 1 aromatic heterocycles. The molecule has 1 heterocycles. The van der Waals surface area contributed by atoms with E-state index in [4.69, 9.17) is 5.11 Å². The molecule has 1 unspecified atom stereocenters. The average molecular weight is 217 g/mol. The Morgan fingerprint density at radius 1 is 1.82 bits per heavy atom. The van der Waals surface area contributed by atoms with Gasteiger partial charge in [0.05, 0.1) is 0 Å². The number of carboxylic acid groups (broad SMARTS) is 1. The summed E-state index contributed by atoms with van der Waals surface area (Å²) in [4.78, 5) is 12.7. The standard InChI is InChI=1S/C8H10O2Se/c1-2-6(8(9)10)7-4-3-5-11-7/h3-6H,2H2,1H3,(H,9,10). The zero-order valence-corrected chi connectivity index (χ0v) is 7.99. The van der Waals surface area contributed by atoms with Crippen LogP contribution in [0.2, 0.25) is 0 Å². The van der Waals surface area contributed by atoms with Crippen LogP contribution in [0.1, 0.15) is 23.7 Å². The van der Waals surface area contributed by atoms with Gasteiger partial charge in [-0.1, -0.05) is 0 Å². The Bertz CT molecular complexity index is 228. The van der Waals surface area contributed by atoms with E-state index in [1.54, 1.807) is 0 Å². The first-order valence-corrected chi connectivity index (χ1v) is 5.36. The van der Waals surface area contributed by atoms with Gasteiger partial charge < -0.3 is 0 Å². The van der Waals surface area contributed by atoms with E-state index < -0.39 is 5.97 Å². The quantitative estimate of drug-likeness (QED) is 0.775. The predicted octanol–water partition coefficient (Wildman–Crippen LogP) is 1.32. The van der Waals surface area contributed by atoms with Gasteiger partial charge in [0.25, 0.3) is 0 Å². The van der Waals surface area contributed by atoms with Gasteiger partial charge in [0, 0.05) is 0 Å². The fourth-order valence-corrected chi connectivity index (χ4v) is 2.88. The van der Waals surface area contributed by atoms with Crippen LogP contribution in [0, 0.1) is 0 Å². The molecule has 0 aliphatic carbocycles. The van der Waals surface area contributed by atoms with Crippen molar-refractivity contribution in [2.45, 2.75) is 19.3 Å². The Labute approximate surface area is 71.6 Å². The van der Waals surface area contributed by atoms with E-state index in [1.807, 2.05) is 24.0 Å². The molecule has 2 nitrogen and oxygen atoms in total. The van der Waals surface area contributed by atoms with Crippen LogP contribution in [0.25, 0.3) is 0 Å². The molecule has 0 saturated heterocycles. The molecule has 1 rings (SSSR count). The SMILES string of the molecule is CCC(C(=O)O)c1ccc[se]1. The number of rotatable bonds is 3. The maximum atomic E-state index is 10.7. The normalized spacial score (nSPS) is 12.8. The summed E-state index contributed by atoms with van der Waals surface area (Å²) in [7, 11) is 0. The topological polar surface area (TPSA) is 37.3 Å². The summed E-state index contributed by atoms with van der Waals surface area (Å²) in [6.07, 6.45) is 0.699. The van der Waals surface area contributed by atoms with E-state index in [1.165, 1.54) is 0 Å². The summed E-state index contributed by atoms with van der Waals surface area (Å²) >= 11 is 0.291. The fraction of sp³-hybridized carbons (Fsp3) is 0.375. The Kier molecular flexibility index (Phi) is 2.92. The van der Waals surface area contributed by atoms with Gasteiger partial charge in [-0.2, -0.15) is 0 Å². The third kappa shape index (κ3) is 1.95. The van der Waals surface area contributed by atoms with Crippen molar-refractivity contribution in [2.24, 2.45) is 0 Å². The van der Waals surface area contributed by atoms with E-state index in [2.05, 4.69) is 0 Å². The first kappa shape index (κ1) is 8.56. The van der Waals surface area contributed by atoms with Crippen molar-refractivity contribution in [3.63, 3.8) is 0 Å². The second-order valence-electron chi connectivity index (χ2n) is 2.31. The summed E-state index contributed by atoms with van der Waals surface area (Å²) in [6.45, 7) is 1.91. The molecule has 0 fully saturated rings. The van der Waals surface area contributed by atoms with Crippen molar-refractivity contribution in [3.8, 4) is 0 Å². The summed E-state index contributed by atoms with van der Waals surface area (Å²) in [5.74, 6) is -0.936. The number of carboxylic acids is 1. The van der Waals surface area contributed by atoms with Gasteiger partial charge in [0.15, 0.2) is 0 Å². The van der Waals surface area contributed by atoms with Gasteiger partial charge in [0.2, 0.25) is 0 Å². The molecule has 1 aromatic rings. The number of hydrogen-bond donors (Lipinski definition) is 1. The molecule has 0 saturated carbocycles. The molecule has 3 heteroatoms. The van der Waals surface area contributed by atoms with E-state index >= 15 is 0 Å². The van der Waals surface area contributed by atoms with E-state index in [-0.39, 0.29) is 5.92 Å². The number of carbonyl (C=O) groups is 1. The first-order chi connectivity index (χ1) is 5.25. The van der Waals surface area contributed by atoms with E-state index in [0.29, 0.717) is 20.9 Å². The molecule has 0 amide bonds. The van der Waals surface area contributed by atoms with Crippen LogP contribution in [0.5, 0.6) is 0 Å². The molecule has 0 aliphatic rings. The zero-order chi connectivity index (χ0) is 8.27. The Morgan fingerprint density at radius 3 is 2.91 bits per heavy atom. The Morgan fingerprint density at radius 2 is 2.55 bits per heavy atom. The summed E-state index contributed by atoms with van der Waals surface area (Å²) in [5.41, 5.74) is 0. The van der Waals surface area contributed by atoms with Crippen LogP contribution in [0.3, 0.4) is 0 Å². The van der Waals surface area contributed by atoms with Gasteiger partial charge in [-0.25, -0.2) is 0 Å². The van der Waals surface area contributed by atoms with Crippen molar-refractivity contribution in [3.05, 3.63) is 21.5 Å².